The van der Waals surface area contributed by atoms with Gasteiger partial charge in [0.25, 0.3) is 0 Å². The smallest absolute Gasteiger partial charge is 0.404 e. The van der Waals surface area contributed by atoms with Crippen molar-refractivity contribution in [3.63, 3.8) is 0 Å². The Balaban J connectivity index is 2.04. The number of benzene rings is 1. The summed E-state index contributed by atoms with van der Waals surface area (Å²) in [4.78, 5) is 18.3. The predicted molar refractivity (Wildman–Crippen MR) is 56.9 cm³/mol. The summed E-state index contributed by atoms with van der Waals surface area (Å²) in [5, 5.41) is 0. The first kappa shape index (κ1) is 12.2. The molecule has 0 fully saturated rings. The van der Waals surface area contributed by atoms with Crippen LogP contribution >= 0.6 is 15.6 Å². The second-order valence-electron chi connectivity index (χ2n) is 3.73. The van der Waals surface area contributed by atoms with E-state index in [0.29, 0.717) is 11.1 Å². The van der Waals surface area contributed by atoms with E-state index < -0.39 is 15.6 Å². The largest absolute Gasteiger partial charge is 0.527 e. The fourth-order valence-corrected chi connectivity index (χ4v) is 3.19. The normalized spacial score (nSPS) is 33.9. The van der Waals surface area contributed by atoms with Gasteiger partial charge in [-0.25, -0.2) is 9.13 Å². The van der Waals surface area contributed by atoms with Crippen molar-refractivity contribution in [3.8, 4) is 11.5 Å². The maximum Gasteiger partial charge on any atom is 0.527 e. The lowest BCUT2D eigenvalue weighted by molar-refractivity contribution is 0.166. The molecule has 8 nitrogen and oxygen atoms in total. The van der Waals surface area contributed by atoms with Crippen molar-refractivity contribution in [1.82, 2.24) is 0 Å². The Morgan fingerprint density at radius 1 is 0.889 bits per heavy atom. The molecule has 2 aliphatic heterocycles. The quantitative estimate of drug-likeness (QED) is 0.695. The molecule has 1 aromatic rings. The van der Waals surface area contributed by atoms with Crippen LogP contribution in [0.1, 0.15) is 11.1 Å². The van der Waals surface area contributed by atoms with E-state index in [2.05, 4.69) is 9.05 Å². The fraction of sp³-hybridized carbons (Fsp3) is 0.250. The Hall–Kier alpha value is -0.880. The van der Waals surface area contributed by atoms with Crippen molar-refractivity contribution in [2.75, 3.05) is 0 Å². The molecule has 18 heavy (non-hydrogen) atoms. The highest BCUT2D eigenvalue weighted by Gasteiger charge is 2.34. The summed E-state index contributed by atoms with van der Waals surface area (Å²) < 4.78 is 41.2. The highest BCUT2D eigenvalue weighted by atomic mass is 31.2. The van der Waals surface area contributed by atoms with Gasteiger partial charge in [0.2, 0.25) is 0 Å². The third kappa shape index (κ3) is 2.19. The second kappa shape index (κ2) is 3.81. The van der Waals surface area contributed by atoms with Gasteiger partial charge in [-0.05, 0) is 12.1 Å². The molecule has 0 aromatic heterocycles. The lowest BCUT2D eigenvalue weighted by Gasteiger charge is -2.26. The summed E-state index contributed by atoms with van der Waals surface area (Å²) in [7, 11) is -8.13. The lowest BCUT2D eigenvalue weighted by atomic mass is 10.1. The topological polar surface area (TPSA) is 112 Å². The van der Waals surface area contributed by atoms with Gasteiger partial charge in [0.15, 0.2) is 0 Å². The van der Waals surface area contributed by atoms with Crippen LogP contribution in [0.5, 0.6) is 11.5 Å². The molecule has 0 radical (unpaired) electrons. The molecule has 3 rings (SSSR count). The first-order valence-corrected chi connectivity index (χ1v) is 7.83. The Kier molecular flexibility index (Phi) is 2.57. The first-order chi connectivity index (χ1) is 8.35. The van der Waals surface area contributed by atoms with Gasteiger partial charge in [0, 0.05) is 11.1 Å². The Labute approximate surface area is 101 Å². The van der Waals surface area contributed by atoms with E-state index in [-0.39, 0.29) is 24.7 Å². The van der Waals surface area contributed by atoms with Crippen LogP contribution in [-0.4, -0.2) is 9.79 Å². The van der Waals surface area contributed by atoms with Gasteiger partial charge in [-0.3, -0.25) is 18.8 Å². The summed E-state index contributed by atoms with van der Waals surface area (Å²) in [6.07, 6.45) is 0. The van der Waals surface area contributed by atoms with Crippen molar-refractivity contribution in [1.29, 1.82) is 0 Å². The Morgan fingerprint density at radius 3 is 1.67 bits per heavy atom. The van der Waals surface area contributed by atoms with Crippen LogP contribution < -0.4 is 9.05 Å². The van der Waals surface area contributed by atoms with Crippen LogP contribution in [-0.2, 0) is 31.4 Å². The maximum atomic E-state index is 11.2. The van der Waals surface area contributed by atoms with E-state index in [4.69, 9.17) is 9.05 Å². The summed E-state index contributed by atoms with van der Waals surface area (Å²) in [5.74, 6) is 0.348. The summed E-state index contributed by atoms with van der Waals surface area (Å²) in [6.45, 7) is -0.285. The van der Waals surface area contributed by atoms with Gasteiger partial charge in [-0.15, -0.1) is 0 Å². The monoisotopic (exact) mass is 294 g/mol. The minimum absolute atomic E-state index is 0.143. The molecule has 0 saturated heterocycles. The molecule has 1 aromatic carbocycles. The third-order valence-corrected chi connectivity index (χ3v) is 4.20. The summed E-state index contributed by atoms with van der Waals surface area (Å²) in [6, 6.07) is 2.85. The zero-order valence-electron chi connectivity index (χ0n) is 8.81. The van der Waals surface area contributed by atoms with Gasteiger partial charge in [0.1, 0.15) is 11.5 Å². The van der Waals surface area contributed by atoms with Crippen molar-refractivity contribution in [2.24, 2.45) is 0 Å². The number of phosphoric ester groups is 2. The van der Waals surface area contributed by atoms with E-state index >= 15 is 0 Å². The molecule has 0 amide bonds. The van der Waals surface area contributed by atoms with Crippen LogP contribution in [0, 0.1) is 0 Å². The molecule has 10 heteroatoms. The SMILES string of the molecule is O=P1(O)OCc2cc3c(cc2O1)COP(=O)(O)O3. The number of phosphoric acid groups is 2. The van der Waals surface area contributed by atoms with Gasteiger partial charge in [-0.2, -0.15) is 0 Å². The number of hydrogen-bond donors (Lipinski definition) is 2. The van der Waals surface area contributed by atoms with Gasteiger partial charge in [0.05, 0.1) is 13.2 Å². The maximum absolute atomic E-state index is 11.2. The van der Waals surface area contributed by atoms with Crippen LogP contribution in [0.2, 0.25) is 0 Å². The van der Waals surface area contributed by atoms with E-state index in [1.807, 2.05) is 0 Å². The third-order valence-electron chi connectivity index (χ3n) is 2.44. The molecule has 0 aliphatic carbocycles. The van der Waals surface area contributed by atoms with E-state index in [1.165, 1.54) is 12.1 Å². The molecule has 0 saturated carbocycles. The van der Waals surface area contributed by atoms with Crippen LogP contribution in [0.3, 0.4) is 0 Å². The summed E-state index contributed by atoms with van der Waals surface area (Å²) in [5.41, 5.74) is 0.910. The number of hydrogen-bond acceptors (Lipinski definition) is 6. The van der Waals surface area contributed by atoms with Crippen LogP contribution in [0.4, 0.5) is 0 Å². The zero-order valence-corrected chi connectivity index (χ0v) is 10.6. The standard InChI is InChI=1S/C8H8O8P2/c9-17(10)14-4-6-2-8-5(1-7(6)15-17)3-13-18(11,12)16-8/h1-2H,3-4H2,(H,9,10)(H,11,12). The van der Waals surface area contributed by atoms with Crippen molar-refractivity contribution < 1.29 is 37.0 Å². The second-order valence-corrected chi connectivity index (χ2v) is 6.49. The predicted octanol–water partition coefficient (Wildman–Crippen LogP) is 1.71. The number of fused-ring (bicyclic) bond motifs is 2. The molecule has 2 heterocycles. The highest BCUT2D eigenvalue weighted by molar-refractivity contribution is 7.48. The average Bonchev–Trinajstić information content (AvgIpc) is 2.25. The van der Waals surface area contributed by atoms with Gasteiger partial charge >= 0.3 is 15.6 Å². The van der Waals surface area contributed by atoms with Crippen LogP contribution in [0.15, 0.2) is 12.1 Å². The summed E-state index contributed by atoms with van der Waals surface area (Å²) >= 11 is 0. The molecule has 0 spiro atoms. The molecular weight excluding hydrogens is 286 g/mol. The first-order valence-electron chi connectivity index (χ1n) is 4.84. The van der Waals surface area contributed by atoms with Gasteiger partial charge < -0.3 is 9.05 Å². The van der Waals surface area contributed by atoms with E-state index in [1.54, 1.807) is 0 Å². The zero-order chi connectivity index (χ0) is 13.0. The molecule has 2 atom stereocenters. The minimum atomic E-state index is -4.07. The lowest BCUT2D eigenvalue weighted by Crippen LogP contribution is -2.11. The Morgan fingerprint density at radius 2 is 1.28 bits per heavy atom. The highest BCUT2D eigenvalue weighted by Crippen LogP contribution is 2.55. The molecule has 2 N–H and O–H groups in total. The Bertz CT molecular complexity index is 558. The van der Waals surface area contributed by atoms with Crippen molar-refractivity contribution in [2.45, 2.75) is 13.2 Å². The minimum Gasteiger partial charge on any atom is -0.404 e. The molecule has 0 bridgehead atoms. The molecule has 98 valence electrons. The van der Waals surface area contributed by atoms with Crippen LogP contribution in [0.25, 0.3) is 0 Å². The van der Waals surface area contributed by atoms with E-state index in [9.17, 15) is 18.9 Å². The van der Waals surface area contributed by atoms with E-state index in [0.717, 1.165) is 0 Å². The fourth-order valence-electron chi connectivity index (χ4n) is 1.64. The van der Waals surface area contributed by atoms with Crippen molar-refractivity contribution >= 4 is 15.6 Å². The molecule has 2 unspecified atom stereocenters. The molecular formula is C8H8O8P2. The van der Waals surface area contributed by atoms with Gasteiger partial charge in [-0.1, -0.05) is 0 Å². The average molecular weight is 294 g/mol. The number of rotatable bonds is 0. The van der Waals surface area contributed by atoms with Crippen molar-refractivity contribution in [3.05, 3.63) is 23.3 Å². The molecule has 2 aliphatic rings.